The van der Waals surface area contributed by atoms with Crippen LogP contribution in [0.2, 0.25) is 0 Å². The number of sulfonamides is 1. The number of carbonyl (C=O) groups excluding carboxylic acids is 11. The van der Waals surface area contributed by atoms with E-state index in [0.717, 1.165) is 35.5 Å². The number of ether oxygens (including phenoxy) is 2. The molecule has 2 aromatic carbocycles. The molecule has 0 radical (unpaired) electrons. The SMILES string of the molecule is CC[C@H](C)[C@@H]1NC(=O)[C@@H](CCCN=C(N)NC(=O)Nc2cccc(S(=O)(=O)N(C)C)c2)NC(=O)[C@H]2NC(O)[C@@H](NC(=O)[C@@H](NC(=O)[C@H](CC(C)C)NC(=O)[C@H](N)CC(C)C)[C@@H](c3ccc(OC(=O)C(F)(F)F)cc3)OC(O)[C@H](CO)NC(O)[C@H](CC(N)=O)NC(=O)CNC(=O)[C@H]([C@H](C)O)NC1=O)[C@H](O)C(C)CC2C(C)C. The Bertz CT molecular complexity index is 3660. The molecule has 11 amide bonds. The first-order valence-electron chi connectivity index (χ1n) is 36.1. The number of carbonyl (C=O) groups is 11. The average Bonchev–Trinajstić information content (AvgIpc) is 0.784. The number of urea groups is 1. The van der Waals surface area contributed by atoms with Crippen LogP contribution in [0.3, 0.4) is 0 Å². The van der Waals surface area contributed by atoms with Crippen LogP contribution < -0.4 is 85.7 Å². The lowest BCUT2D eigenvalue weighted by molar-refractivity contribution is -0.189. The largest absolute Gasteiger partial charge is 0.491 e. The summed E-state index contributed by atoms with van der Waals surface area (Å²) in [5.74, 6) is -17.9. The van der Waals surface area contributed by atoms with Crippen molar-refractivity contribution in [3.05, 3.63) is 54.1 Å². The normalized spacial score (nSPS) is 26.9. The summed E-state index contributed by atoms with van der Waals surface area (Å²) in [6, 6.07) is -10.0. The molecule has 2 fully saturated rings. The molecule has 0 saturated carbocycles. The molecule has 19 atom stereocenters. The molecule has 2 aliphatic heterocycles. The fourth-order valence-corrected chi connectivity index (χ4v) is 13.0. The van der Waals surface area contributed by atoms with Crippen LogP contribution in [0.1, 0.15) is 126 Å². The van der Waals surface area contributed by atoms with Gasteiger partial charge < -0.3 is 105 Å². The number of alkyl halides is 3. The summed E-state index contributed by atoms with van der Waals surface area (Å²) in [7, 11) is -1.28. The first-order chi connectivity index (χ1) is 51.7. The third-order valence-corrected chi connectivity index (χ3v) is 20.2. The molecule has 42 heteroatoms. The van der Waals surface area contributed by atoms with Crippen molar-refractivity contribution < 1.29 is 114 Å². The number of guanidine groups is 1. The van der Waals surface area contributed by atoms with Gasteiger partial charge in [0.15, 0.2) is 12.2 Å². The predicted molar refractivity (Wildman–Crippen MR) is 393 cm³/mol. The van der Waals surface area contributed by atoms with Crippen LogP contribution >= 0.6 is 0 Å². The average molecular weight is 1600 g/mol. The second-order valence-corrected chi connectivity index (χ2v) is 31.1. The van der Waals surface area contributed by atoms with Gasteiger partial charge in [-0.3, -0.25) is 64.1 Å². The standard InChI is InChI=1S/C69H110F3N17O21S/c1-13-34(8)49-61(100)84-50(36(10)91)60(99)77-29-48(93)79-45(28-47(74)92)58(97)82-46(30-90)65(104)110-55(37-19-21-39(22-20-37)109-66(105)69(70,71)72)53(87-59(98)44(25-32(4)5)81-56(95)42(73)24-31(2)3)64(103)86-52-54(94)35(9)26-41(33(6)7)51(85-63(52)102)62(101)80-43(57(96)83-49)18-15-23-76-67(75)88-68(106)78-38-16-14-17-40(27-38)111(107,108)89(11)12/h14,16-17,19-22,27,31-36,41-46,49-55,58,63,65,82,85,90-91,94,97,102,104H,13,15,18,23-26,28-30,73H2,1-12H3,(H2,74,92)(H,77,99)(H,79,93)(H,80,101)(H,81,95)(H,83,96)(H,84,100)(H,86,103)(H,87,98)(H4,75,76,78,88,106)/t34-,35?,36-,41?,42+,43+,44-,45-,46-,49-,50-,51-,52-,53-,54+,55+,58?,63?,65?/m0/s1. The minimum absolute atomic E-state index is 0.0521. The van der Waals surface area contributed by atoms with Crippen molar-refractivity contribution in [2.24, 2.45) is 57.7 Å². The molecule has 2 aromatic rings. The Kier molecular flexibility index (Phi) is 36.9. The van der Waals surface area contributed by atoms with Gasteiger partial charge in [0, 0.05) is 26.3 Å². The van der Waals surface area contributed by atoms with E-state index in [1.54, 1.807) is 55.4 Å². The maximum Gasteiger partial charge on any atom is 0.491 e. The second-order valence-electron chi connectivity index (χ2n) is 29.0. The molecule has 0 spiro atoms. The number of halogens is 3. The van der Waals surface area contributed by atoms with Gasteiger partial charge in [-0.15, -0.1) is 0 Å². The molecule has 0 aromatic heterocycles. The number of aliphatic hydroxyl groups is 6. The summed E-state index contributed by atoms with van der Waals surface area (Å²) in [4.78, 5) is 158. The maximum absolute atomic E-state index is 15.7. The molecule has 4 rings (SSSR count). The molecule has 0 aliphatic carbocycles. The first-order valence-corrected chi connectivity index (χ1v) is 37.6. The van der Waals surface area contributed by atoms with E-state index in [1.165, 1.54) is 45.3 Å². The molecular weight excluding hydrogens is 1490 g/mol. The smallest absolute Gasteiger partial charge is 0.420 e. The van der Waals surface area contributed by atoms with Crippen LogP contribution in [0.5, 0.6) is 5.75 Å². The highest BCUT2D eigenvalue weighted by atomic mass is 32.2. The Morgan fingerprint density at radius 2 is 1.41 bits per heavy atom. The van der Waals surface area contributed by atoms with Crippen LogP contribution in [0.15, 0.2) is 58.4 Å². The summed E-state index contributed by atoms with van der Waals surface area (Å²) in [6.45, 7) is 13.5. The molecule has 2 heterocycles. The zero-order chi connectivity index (χ0) is 83.9. The number of aliphatic hydroxyl groups excluding tert-OH is 6. The quantitative estimate of drug-likeness (QED) is 0.0157. The van der Waals surface area contributed by atoms with Gasteiger partial charge in [-0.05, 0) is 110 Å². The maximum atomic E-state index is 15.7. The van der Waals surface area contributed by atoms with E-state index in [1.807, 2.05) is 0 Å². The van der Waals surface area contributed by atoms with Gasteiger partial charge in [0.25, 0.3) is 0 Å². The van der Waals surface area contributed by atoms with Gasteiger partial charge in [-0.25, -0.2) is 22.3 Å². The van der Waals surface area contributed by atoms with Gasteiger partial charge in [0.2, 0.25) is 63.2 Å². The van der Waals surface area contributed by atoms with E-state index in [2.05, 4.69) is 73.5 Å². The molecule has 2 saturated heterocycles. The zero-order valence-corrected chi connectivity index (χ0v) is 64.7. The van der Waals surface area contributed by atoms with Gasteiger partial charge in [0.1, 0.15) is 54.5 Å². The lowest BCUT2D eigenvalue weighted by atomic mass is 9.76. The van der Waals surface area contributed by atoms with E-state index < -0.39 is 245 Å². The Labute approximate surface area is 641 Å². The fourth-order valence-electron chi connectivity index (χ4n) is 12.1. The number of nitrogens with one attached hydrogen (secondary N) is 12. The molecule has 624 valence electrons. The van der Waals surface area contributed by atoms with Crippen molar-refractivity contribution in [3.63, 3.8) is 0 Å². The molecule has 111 heavy (non-hydrogen) atoms. The Balaban J connectivity index is 2.00. The lowest BCUT2D eigenvalue weighted by Gasteiger charge is -2.42. The Morgan fingerprint density at radius 3 is 1.98 bits per heavy atom. The van der Waals surface area contributed by atoms with Crippen molar-refractivity contribution >= 4 is 86.8 Å². The second kappa shape index (κ2) is 43.3. The number of amides is 11. The van der Waals surface area contributed by atoms with Crippen LogP contribution in [0, 0.1) is 35.5 Å². The first kappa shape index (κ1) is 94.6. The summed E-state index contributed by atoms with van der Waals surface area (Å²) in [5, 5.41) is 100. The molecular formula is C69H110F3N17O21S. The van der Waals surface area contributed by atoms with Crippen LogP contribution in [0.4, 0.5) is 23.7 Å². The van der Waals surface area contributed by atoms with Gasteiger partial charge in [0.05, 0.1) is 66.9 Å². The van der Waals surface area contributed by atoms with Crippen LogP contribution in [0.25, 0.3) is 0 Å². The van der Waals surface area contributed by atoms with E-state index in [0.29, 0.717) is 0 Å². The number of benzene rings is 2. The predicted octanol–water partition coefficient (Wildman–Crippen LogP) is -3.84. The summed E-state index contributed by atoms with van der Waals surface area (Å²) >= 11 is 0. The van der Waals surface area contributed by atoms with Gasteiger partial charge >= 0.3 is 18.2 Å². The topological polar surface area (TPSA) is 600 Å². The Hall–Kier alpha value is -8.82. The minimum atomic E-state index is -5.52. The van der Waals surface area contributed by atoms with Crippen LogP contribution in [-0.2, 0) is 62.7 Å². The number of nitrogens with zero attached hydrogens (tertiary/aromatic N) is 2. The van der Waals surface area contributed by atoms with Crippen molar-refractivity contribution in [2.75, 3.05) is 39.1 Å². The monoisotopic (exact) mass is 1600 g/mol. The van der Waals surface area contributed by atoms with E-state index >= 15 is 14.4 Å². The minimum Gasteiger partial charge on any atom is -0.420 e. The van der Waals surface area contributed by atoms with Crippen molar-refractivity contribution in [1.82, 2.24) is 62.8 Å². The Morgan fingerprint density at radius 1 is 0.784 bits per heavy atom. The number of nitrogens with two attached hydrogens (primary N) is 3. The molecule has 38 nitrogen and oxygen atoms in total. The number of hydrogen-bond donors (Lipinski definition) is 21. The molecule has 24 N–H and O–H groups in total. The highest BCUT2D eigenvalue weighted by molar-refractivity contribution is 7.89. The molecule has 5 unspecified atom stereocenters. The lowest BCUT2D eigenvalue weighted by Crippen LogP contribution is -2.67. The third-order valence-electron chi connectivity index (χ3n) is 18.4. The van der Waals surface area contributed by atoms with E-state index in [-0.39, 0.29) is 61.6 Å². The summed E-state index contributed by atoms with van der Waals surface area (Å²) in [6.07, 6.45) is -19.9. The fraction of sp³-hybridized carbons (Fsp3) is 0.652. The molecule has 2 aliphatic rings. The van der Waals surface area contributed by atoms with Gasteiger partial charge in [-0.2, -0.15) is 13.2 Å². The van der Waals surface area contributed by atoms with Crippen molar-refractivity contribution in [3.8, 4) is 5.75 Å². The van der Waals surface area contributed by atoms with Crippen molar-refractivity contribution in [2.45, 2.75) is 223 Å². The van der Waals surface area contributed by atoms with E-state index in [9.17, 15) is 90.6 Å². The highest BCUT2D eigenvalue weighted by Crippen LogP contribution is 2.33. The zero-order valence-electron chi connectivity index (χ0n) is 63.9. The van der Waals surface area contributed by atoms with Crippen LogP contribution in [-0.4, -0.2) is 246 Å². The number of esters is 1. The van der Waals surface area contributed by atoms with Crippen molar-refractivity contribution in [1.29, 1.82) is 0 Å². The summed E-state index contributed by atoms with van der Waals surface area (Å²) < 4.78 is 77.7. The van der Waals surface area contributed by atoms with E-state index in [4.69, 9.17) is 21.9 Å². The molecule has 2 bridgehead atoms. The number of primary amides is 1. The summed E-state index contributed by atoms with van der Waals surface area (Å²) in [5.41, 5.74) is 17.5. The number of rotatable bonds is 24. The highest BCUT2D eigenvalue weighted by Gasteiger charge is 2.47. The number of anilines is 1. The number of aliphatic imine (C=N–C) groups is 1. The third kappa shape index (κ3) is 29.0. The van der Waals surface area contributed by atoms with Gasteiger partial charge in [-0.1, -0.05) is 86.9 Å². The number of fused-ring (bicyclic) bond motifs is 3. The number of hydrogen-bond acceptors (Lipinski definition) is 25.